The Labute approximate surface area is 38.0 Å². The smallest absolute Gasteiger partial charge is 0.107 e. The van der Waals surface area contributed by atoms with Crippen molar-refractivity contribution >= 4 is 0 Å². The van der Waals surface area contributed by atoms with E-state index in [-0.39, 0.29) is 5.92 Å². The summed E-state index contributed by atoms with van der Waals surface area (Å²) in [7, 11) is 0. The first kappa shape index (κ1) is 5.36. The number of rotatable bonds is 0. The lowest BCUT2D eigenvalue weighted by Gasteiger charge is -1.80. The minimum atomic E-state index is 0.287. The second-order valence-corrected chi connectivity index (χ2v) is 1.41. The molecule has 0 radical (unpaired) electrons. The van der Waals surface area contributed by atoms with Crippen LogP contribution in [0.4, 0.5) is 0 Å². The van der Waals surface area contributed by atoms with Gasteiger partial charge in [-0.15, -0.1) is 0 Å². The molecule has 1 N–H and O–H groups in total. The van der Waals surface area contributed by atoms with Crippen molar-refractivity contribution in [1.82, 2.24) is 0 Å². The second kappa shape index (κ2) is 2.59. The average Bonchev–Trinajstić information content (AvgIpc) is 1.35. The van der Waals surface area contributed by atoms with Crippen LogP contribution in [0, 0.1) is 17.9 Å². The standard InChI is InChI=1S/C5H8O/c1-5(2)3-4-6/h5-6H,1-2H3. The summed E-state index contributed by atoms with van der Waals surface area (Å²) in [4.78, 5) is 0. The Bertz CT molecular complexity index is 73.7. The van der Waals surface area contributed by atoms with E-state index in [1.165, 1.54) is 0 Å². The summed E-state index contributed by atoms with van der Waals surface area (Å²) in [6.45, 7) is 3.84. The molecule has 0 unspecified atom stereocenters. The van der Waals surface area contributed by atoms with Gasteiger partial charge in [0, 0.05) is 5.92 Å². The largest absolute Gasteiger partial charge is 0.462 e. The number of aliphatic hydroxyl groups is 1. The van der Waals surface area contributed by atoms with E-state index >= 15 is 0 Å². The maximum absolute atomic E-state index is 7.88. The zero-order chi connectivity index (χ0) is 4.99. The lowest BCUT2D eigenvalue weighted by Crippen LogP contribution is -1.75. The molecule has 0 aliphatic rings. The zero-order valence-electron chi connectivity index (χ0n) is 4.02. The van der Waals surface area contributed by atoms with E-state index in [1.54, 1.807) is 0 Å². The Balaban J connectivity index is 3.20. The molecule has 1 nitrogen and oxygen atoms in total. The van der Waals surface area contributed by atoms with Gasteiger partial charge in [-0.05, 0) is 0 Å². The van der Waals surface area contributed by atoms with Gasteiger partial charge in [-0.2, -0.15) is 0 Å². The van der Waals surface area contributed by atoms with Crippen molar-refractivity contribution in [2.24, 2.45) is 5.92 Å². The Hall–Kier alpha value is -0.640. The molecule has 0 spiro atoms. The van der Waals surface area contributed by atoms with Crippen molar-refractivity contribution in [3.63, 3.8) is 0 Å². The van der Waals surface area contributed by atoms with Gasteiger partial charge in [0.05, 0.1) is 0 Å². The summed E-state index contributed by atoms with van der Waals surface area (Å²) < 4.78 is 0. The predicted molar refractivity (Wildman–Crippen MR) is 24.5 cm³/mol. The van der Waals surface area contributed by atoms with Gasteiger partial charge < -0.3 is 5.11 Å². The molecular weight excluding hydrogens is 76.1 g/mol. The fourth-order valence-corrected chi connectivity index (χ4v) is 0.129. The van der Waals surface area contributed by atoms with Crippen molar-refractivity contribution in [3.8, 4) is 12.0 Å². The van der Waals surface area contributed by atoms with Crippen LogP contribution in [0.25, 0.3) is 0 Å². The molecule has 0 aromatic heterocycles. The van der Waals surface area contributed by atoms with Crippen LogP contribution in [0.5, 0.6) is 0 Å². The van der Waals surface area contributed by atoms with E-state index in [1.807, 2.05) is 20.0 Å². The molecule has 6 heavy (non-hydrogen) atoms. The van der Waals surface area contributed by atoms with Crippen LogP contribution in [0.3, 0.4) is 0 Å². The van der Waals surface area contributed by atoms with Crippen molar-refractivity contribution in [3.05, 3.63) is 0 Å². The van der Waals surface area contributed by atoms with Gasteiger partial charge >= 0.3 is 0 Å². The van der Waals surface area contributed by atoms with Gasteiger partial charge in [-0.3, -0.25) is 0 Å². The Morgan fingerprint density at radius 1 is 1.50 bits per heavy atom. The van der Waals surface area contributed by atoms with Crippen LogP contribution >= 0.6 is 0 Å². The molecule has 0 saturated carbocycles. The van der Waals surface area contributed by atoms with Gasteiger partial charge in [0.1, 0.15) is 6.11 Å². The summed E-state index contributed by atoms with van der Waals surface area (Å²) in [5, 5.41) is 7.88. The quantitative estimate of drug-likeness (QED) is 0.434. The topological polar surface area (TPSA) is 20.2 Å². The highest BCUT2D eigenvalue weighted by Gasteiger charge is 1.77. The monoisotopic (exact) mass is 84.1 g/mol. The van der Waals surface area contributed by atoms with Crippen LogP contribution in [0.15, 0.2) is 0 Å². The average molecular weight is 84.1 g/mol. The van der Waals surface area contributed by atoms with Crippen LogP contribution in [-0.2, 0) is 0 Å². The van der Waals surface area contributed by atoms with Gasteiger partial charge in [0.25, 0.3) is 0 Å². The van der Waals surface area contributed by atoms with Crippen LogP contribution in [-0.4, -0.2) is 5.11 Å². The lowest BCUT2D eigenvalue weighted by atomic mass is 10.2. The lowest BCUT2D eigenvalue weighted by molar-refractivity contribution is 0.514. The van der Waals surface area contributed by atoms with Crippen molar-refractivity contribution in [2.75, 3.05) is 0 Å². The molecule has 0 saturated heterocycles. The first-order valence-electron chi connectivity index (χ1n) is 1.92. The number of hydrogen-bond donors (Lipinski definition) is 1. The molecular formula is C5H8O. The van der Waals surface area contributed by atoms with Crippen molar-refractivity contribution in [1.29, 1.82) is 0 Å². The highest BCUT2D eigenvalue weighted by atomic mass is 16.2. The van der Waals surface area contributed by atoms with Gasteiger partial charge in [0.2, 0.25) is 0 Å². The summed E-state index contributed by atoms with van der Waals surface area (Å²) in [5.74, 6) is 2.80. The third-order valence-corrected chi connectivity index (χ3v) is 0.353. The molecule has 0 fully saturated rings. The minimum Gasteiger partial charge on any atom is -0.462 e. The number of hydrogen-bond acceptors (Lipinski definition) is 1. The molecule has 0 aromatic rings. The van der Waals surface area contributed by atoms with Crippen LogP contribution in [0.1, 0.15) is 13.8 Å². The van der Waals surface area contributed by atoms with Crippen LogP contribution in [0.2, 0.25) is 0 Å². The Morgan fingerprint density at radius 3 is 2.00 bits per heavy atom. The maximum atomic E-state index is 7.88. The summed E-state index contributed by atoms with van der Waals surface area (Å²) in [6, 6.07) is 0. The first-order valence-corrected chi connectivity index (χ1v) is 1.92. The van der Waals surface area contributed by atoms with E-state index in [0.29, 0.717) is 0 Å². The molecule has 0 aromatic carbocycles. The normalized spacial score (nSPS) is 7.17. The summed E-state index contributed by atoms with van der Waals surface area (Å²) in [6.07, 6.45) is 1.82. The second-order valence-electron chi connectivity index (χ2n) is 1.41. The molecule has 0 aliphatic heterocycles. The maximum Gasteiger partial charge on any atom is 0.107 e. The van der Waals surface area contributed by atoms with E-state index in [2.05, 4.69) is 5.92 Å². The van der Waals surface area contributed by atoms with Gasteiger partial charge in [-0.25, -0.2) is 0 Å². The summed E-state index contributed by atoms with van der Waals surface area (Å²) >= 11 is 0. The van der Waals surface area contributed by atoms with Crippen molar-refractivity contribution < 1.29 is 5.11 Å². The van der Waals surface area contributed by atoms with E-state index in [4.69, 9.17) is 5.11 Å². The fraction of sp³-hybridized carbons (Fsp3) is 0.600. The highest BCUT2D eigenvalue weighted by molar-refractivity contribution is 4.92. The minimum absolute atomic E-state index is 0.287. The van der Waals surface area contributed by atoms with Crippen LogP contribution < -0.4 is 0 Å². The van der Waals surface area contributed by atoms with E-state index < -0.39 is 0 Å². The predicted octanol–water partition coefficient (Wildman–Crippen LogP) is 0.976. The Morgan fingerprint density at radius 2 is 2.00 bits per heavy atom. The first-order chi connectivity index (χ1) is 2.77. The third-order valence-electron chi connectivity index (χ3n) is 0.353. The van der Waals surface area contributed by atoms with Gasteiger partial charge in [0.15, 0.2) is 0 Å². The molecule has 0 rings (SSSR count). The fourth-order valence-electron chi connectivity index (χ4n) is 0.129. The SMILES string of the molecule is CC(C)C#CO. The third kappa shape index (κ3) is 3.36. The molecule has 0 bridgehead atoms. The molecule has 1 heteroatoms. The van der Waals surface area contributed by atoms with Crippen molar-refractivity contribution in [2.45, 2.75) is 13.8 Å². The number of aliphatic hydroxyl groups excluding tert-OH is 1. The molecule has 0 aliphatic carbocycles. The van der Waals surface area contributed by atoms with Gasteiger partial charge in [-0.1, -0.05) is 19.8 Å². The summed E-state index contributed by atoms with van der Waals surface area (Å²) in [5.41, 5.74) is 0. The molecule has 0 amide bonds. The highest BCUT2D eigenvalue weighted by Crippen LogP contribution is 1.83. The van der Waals surface area contributed by atoms with E-state index in [9.17, 15) is 0 Å². The molecule has 0 atom stereocenters. The zero-order valence-corrected chi connectivity index (χ0v) is 4.02. The molecule has 0 heterocycles. The van der Waals surface area contributed by atoms with E-state index in [0.717, 1.165) is 0 Å². The molecule has 34 valence electrons. The Kier molecular flexibility index (Phi) is 2.31.